The second-order valence-corrected chi connectivity index (χ2v) is 16.8. The zero-order valence-corrected chi connectivity index (χ0v) is 28.2. The molecule has 7 N–H and O–H groups in total. The van der Waals surface area contributed by atoms with Crippen molar-refractivity contribution in [2.45, 2.75) is 94.7 Å². The highest BCUT2D eigenvalue weighted by atomic mass is 16.5. The van der Waals surface area contributed by atoms with Crippen LogP contribution in [0.4, 0.5) is 0 Å². The molecule has 0 aromatic rings. The number of carbonyl (C=O) groups is 2. The number of fused-ring (bicyclic) bond motifs is 6. The molecule has 13 atom stereocenters. The lowest BCUT2D eigenvalue weighted by Gasteiger charge is -2.74. The van der Waals surface area contributed by atoms with Crippen LogP contribution in [0.25, 0.3) is 0 Å². The van der Waals surface area contributed by atoms with E-state index in [0.29, 0.717) is 43.8 Å². The third-order valence-electron chi connectivity index (χ3n) is 14.6. The van der Waals surface area contributed by atoms with E-state index in [1.165, 1.54) is 6.08 Å². The van der Waals surface area contributed by atoms with Crippen molar-refractivity contribution in [3.63, 3.8) is 0 Å². The van der Waals surface area contributed by atoms with Crippen molar-refractivity contribution in [2.24, 2.45) is 51.8 Å². The smallest absolute Gasteiger partial charge is 0.331 e. The van der Waals surface area contributed by atoms with Gasteiger partial charge in [0, 0.05) is 48.9 Å². The molecule has 0 saturated heterocycles. The van der Waals surface area contributed by atoms with E-state index in [2.05, 4.69) is 30.6 Å². The summed E-state index contributed by atoms with van der Waals surface area (Å²) in [6.07, 6.45) is 9.10. The lowest BCUT2D eigenvalue weighted by molar-refractivity contribution is -0.353. The average molecular weight is 655 g/mol. The lowest BCUT2D eigenvalue weighted by atomic mass is 9.32. The average Bonchev–Trinajstić information content (AvgIpc) is 3.50. The van der Waals surface area contributed by atoms with Crippen molar-refractivity contribution in [3.8, 4) is 0 Å². The van der Waals surface area contributed by atoms with Crippen LogP contribution in [0.1, 0.15) is 65.7 Å². The first-order chi connectivity index (χ1) is 22.2. The monoisotopic (exact) mass is 654 g/mol. The number of esters is 1. The van der Waals surface area contributed by atoms with Crippen molar-refractivity contribution in [2.75, 3.05) is 33.3 Å². The Hall–Kier alpha value is -1.92. The molecule has 7 aliphatic rings. The number of allylic oxidation sites excluding steroid dienone is 3. The molecule has 7 rings (SSSR count). The summed E-state index contributed by atoms with van der Waals surface area (Å²) < 4.78 is 5.89. The molecule has 0 spiro atoms. The van der Waals surface area contributed by atoms with Crippen LogP contribution in [0.15, 0.2) is 35.5 Å². The number of carbonyl (C=O) groups excluding carboxylic acids is 2. The minimum atomic E-state index is -1.80. The van der Waals surface area contributed by atoms with E-state index >= 15 is 0 Å². The number of nitrogens with one attached hydrogen (secondary N) is 2. The number of hydrogen-bond acceptors (Lipinski definition) is 10. The first-order valence-corrected chi connectivity index (χ1v) is 17.8. The summed E-state index contributed by atoms with van der Waals surface area (Å²) in [5.74, 6) is -2.82. The van der Waals surface area contributed by atoms with E-state index in [9.17, 15) is 35.1 Å². The molecule has 13 unspecified atom stereocenters. The number of likely N-dealkylation sites (N-methyl/N-ethyl adjacent to an activating group) is 1. The minimum absolute atomic E-state index is 0.0533. The molecule has 0 radical (unpaired) electrons. The van der Waals surface area contributed by atoms with Gasteiger partial charge in [0.25, 0.3) is 0 Å². The van der Waals surface area contributed by atoms with Gasteiger partial charge in [0.2, 0.25) is 0 Å². The molecule has 4 saturated carbocycles. The number of aldehydes is 1. The van der Waals surface area contributed by atoms with Gasteiger partial charge in [-0.1, -0.05) is 45.4 Å². The molecule has 6 aliphatic carbocycles. The van der Waals surface area contributed by atoms with Gasteiger partial charge in [0.15, 0.2) is 0 Å². The maximum atomic E-state index is 13.7. The van der Waals surface area contributed by atoms with Crippen molar-refractivity contribution < 1.29 is 39.9 Å². The SMILES string of the molecule is CNCCNCC1=CC2CC3(O)C4(O)CC(CCC(C)C)C5(O)CC(O)CC6C=CC(CC3(C)C2(CO)C2=CC(=O)OC12)C4C65C=O. The molecule has 4 fully saturated rings. The minimum Gasteiger partial charge on any atom is -0.450 e. The van der Waals surface area contributed by atoms with Gasteiger partial charge in [0.1, 0.15) is 18.0 Å². The number of aliphatic hydroxyl groups is 5. The van der Waals surface area contributed by atoms with Crippen LogP contribution < -0.4 is 10.6 Å². The van der Waals surface area contributed by atoms with Crippen LogP contribution in [-0.2, 0) is 14.3 Å². The van der Waals surface area contributed by atoms with Gasteiger partial charge in [-0.2, -0.15) is 0 Å². The highest BCUT2D eigenvalue weighted by Gasteiger charge is 2.86. The molecule has 10 nitrogen and oxygen atoms in total. The summed E-state index contributed by atoms with van der Waals surface area (Å²) >= 11 is 0. The molecule has 0 aromatic carbocycles. The van der Waals surface area contributed by atoms with E-state index in [0.717, 1.165) is 24.8 Å². The molecular formula is C37H54N2O8. The number of aliphatic hydroxyl groups excluding tert-OH is 2. The molecule has 47 heavy (non-hydrogen) atoms. The quantitative estimate of drug-likeness (QED) is 0.0792. The van der Waals surface area contributed by atoms with Crippen LogP contribution in [0.3, 0.4) is 0 Å². The molecule has 0 bridgehead atoms. The number of rotatable bonds is 10. The van der Waals surface area contributed by atoms with Gasteiger partial charge >= 0.3 is 5.97 Å². The summed E-state index contributed by atoms with van der Waals surface area (Å²) in [6, 6.07) is 0. The van der Waals surface area contributed by atoms with Gasteiger partial charge in [-0.3, -0.25) is 0 Å². The predicted molar refractivity (Wildman–Crippen MR) is 174 cm³/mol. The standard InChI is InChI=1S/C37H54N2O8/c1-21(2)5-7-25-15-36(45)31-22(6-8-24-12-27(42)17-35(25,44)34(24,31)20-41)14-32(3)33(19-40)26(16-37(32,36)46)11-23(18-39-10-9-38-4)30-28(33)13-29(43)47-30/h6,8,11,13,20-22,24-27,30-31,38-40,42,44-46H,5,7,9-10,12,14-19H2,1-4H3. The molecule has 1 aliphatic heterocycles. The summed E-state index contributed by atoms with van der Waals surface area (Å²) in [6.45, 7) is 7.72. The summed E-state index contributed by atoms with van der Waals surface area (Å²) in [5.41, 5.74) is -7.25. The van der Waals surface area contributed by atoms with Crippen molar-refractivity contribution in [1.82, 2.24) is 10.6 Å². The topological polar surface area (TPSA) is 169 Å². The first-order valence-electron chi connectivity index (χ1n) is 17.8. The maximum Gasteiger partial charge on any atom is 0.331 e. The third-order valence-corrected chi connectivity index (χ3v) is 14.6. The Labute approximate surface area is 277 Å². The second-order valence-electron chi connectivity index (χ2n) is 16.8. The van der Waals surface area contributed by atoms with E-state index < -0.39 is 80.8 Å². The summed E-state index contributed by atoms with van der Waals surface area (Å²) in [4.78, 5) is 26.7. The highest BCUT2D eigenvalue weighted by molar-refractivity contribution is 5.87. The lowest BCUT2D eigenvalue weighted by Crippen LogP contribution is -2.83. The Morgan fingerprint density at radius 3 is 2.51 bits per heavy atom. The van der Waals surface area contributed by atoms with Crippen LogP contribution in [0.5, 0.6) is 0 Å². The molecule has 10 heteroatoms. The molecule has 0 amide bonds. The predicted octanol–water partition coefficient (Wildman–Crippen LogP) is 1.40. The fourth-order valence-electron chi connectivity index (χ4n) is 12.7. The summed E-state index contributed by atoms with van der Waals surface area (Å²) in [7, 11) is 1.88. The van der Waals surface area contributed by atoms with Gasteiger partial charge in [-0.15, -0.1) is 0 Å². The van der Waals surface area contributed by atoms with Gasteiger partial charge < -0.3 is 45.7 Å². The normalized spacial score (nSPS) is 50.6. The fraction of sp³-hybridized carbons (Fsp3) is 0.784. The van der Waals surface area contributed by atoms with E-state index in [1.807, 2.05) is 26.1 Å². The van der Waals surface area contributed by atoms with Gasteiger partial charge in [-0.25, -0.2) is 4.79 Å². The van der Waals surface area contributed by atoms with Crippen LogP contribution >= 0.6 is 0 Å². The first kappa shape index (κ1) is 33.6. The molecular weight excluding hydrogens is 600 g/mol. The maximum absolute atomic E-state index is 13.7. The Bertz CT molecular complexity index is 1410. The van der Waals surface area contributed by atoms with Crippen LogP contribution in [0.2, 0.25) is 0 Å². The number of hydrogen-bond donors (Lipinski definition) is 7. The zero-order chi connectivity index (χ0) is 33.8. The number of ether oxygens (including phenoxy) is 1. The second kappa shape index (κ2) is 11.0. The molecule has 0 aromatic heterocycles. The third kappa shape index (κ3) is 3.98. The van der Waals surface area contributed by atoms with E-state index in [4.69, 9.17) is 4.74 Å². The van der Waals surface area contributed by atoms with Crippen LogP contribution in [-0.4, -0.2) is 100 Å². The highest BCUT2D eigenvalue weighted by Crippen LogP contribution is 2.80. The van der Waals surface area contributed by atoms with E-state index in [1.54, 1.807) is 0 Å². The Morgan fingerprint density at radius 2 is 1.83 bits per heavy atom. The molecule has 1 heterocycles. The fourth-order valence-corrected chi connectivity index (χ4v) is 12.7. The van der Waals surface area contributed by atoms with Gasteiger partial charge in [0.05, 0.1) is 29.3 Å². The van der Waals surface area contributed by atoms with Crippen molar-refractivity contribution >= 4 is 12.3 Å². The Morgan fingerprint density at radius 1 is 1.06 bits per heavy atom. The zero-order valence-electron chi connectivity index (χ0n) is 28.2. The summed E-state index contributed by atoms with van der Waals surface area (Å²) in [5, 5.41) is 69.0. The van der Waals surface area contributed by atoms with E-state index in [-0.39, 0.29) is 25.9 Å². The Balaban J connectivity index is 1.41. The molecule has 260 valence electrons. The van der Waals surface area contributed by atoms with Gasteiger partial charge in [-0.05, 0) is 79.9 Å². The largest absolute Gasteiger partial charge is 0.450 e. The van der Waals surface area contributed by atoms with Crippen molar-refractivity contribution in [3.05, 3.63) is 35.5 Å². The van der Waals surface area contributed by atoms with Crippen LogP contribution in [0, 0.1) is 51.8 Å². The Kier molecular flexibility index (Phi) is 7.89. The van der Waals surface area contributed by atoms with Crippen molar-refractivity contribution in [1.29, 1.82) is 0 Å².